The zero-order valence-electron chi connectivity index (χ0n) is 18.2. The summed E-state index contributed by atoms with van der Waals surface area (Å²) in [6, 6.07) is 11.9. The summed E-state index contributed by atoms with van der Waals surface area (Å²) in [4.78, 5) is 43.6. The first kappa shape index (κ1) is 21.7. The Morgan fingerprint density at radius 3 is 2.48 bits per heavy atom. The van der Waals surface area contributed by atoms with Crippen LogP contribution < -0.4 is 14.4 Å². The van der Waals surface area contributed by atoms with Gasteiger partial charge in [0.05, 0.1) is 18.2 Å². The SMILES string of the molecule is Cc1ccc(N2C(=O)C[C@H](N3CCN(C(=O)[C@@H]4COc5ccccc5O4)CC3)C2=O)cc1Cl. The maximum absolute atomic E-state index is 13.1. The molecule has 8 nitrogen and oxygen atoms in total. The van der Waals surface area contributed by atoms with Gasteiger partial charge in [-0.1, -0.05) is 29.8 Å². The standard InChI is InChI=1S/C24H24ClN3O5/c1-15-6-7-16(12-17(15)25)28-22(29)13-18(23(28)30)26-8-10-27(11-9-26)24(31)21-14-32-19-4-2-3-5-20(19)33-21/h2-7,12,18,21H,8-11,13-14H2,1H3/t18-,21-/m0/s1. The quantitative estimate of drug-likeness (QED) is 0.642. The second-order valence-electron chi connectivity index (χ2n) is 8.45. The molecule has 0 spiro atoms. The number of carbonyl (C=O) groups excluding carboxylic acids is 3. The third-order valence-corrected chi connectivity index (χ3v) is 6.79. The minimum Gasteiger partial charge on any atom is -0.485 e. The number of halogens is 1. The van der Waals surface area contributed by atoms with E-state index in [1.165, 1.54) is 4.90 Å². The molecule has 9 heteroatoms. The minimum atomic E-state index is -0.692. The van der Waals surface area contributed by atoms with Crippen molar-refractivity contribution in [1.82, 2.24) is 9.80 Å². The van der Waals surface area contributed by atoms with Crippen LogP contribution in [0, 0.1) is 6.92 Å². The molecule has 0 radical (unpaired) electrons. The molecule has 172 valence electrons. The van der Waals surface area contributed by atoms with Crippen molar-refractivity contribution < 1.29 is 23.9 Å². The molecule has 0 unspecified atom stereocenters. The third kappa shape index (κ3) is 4.05. The minimum absolute atomic E-state index is 0.120. The maximum Gasteiger partial charge on any atom is 0.267 e. The number of amides is 3. The Labute approximate surface area is 196 Å². The van der Waals surface area contributed by atoms with Crippen LogP contribution in [-0.2, 0) is 14.4 Å². The summed E-state index contributed by atoms with van der Waals surface area (Å²) in [6.45, 7) is 3.94. The zero-order chi connectivity index (χ0) is 23.1. The van der Waals surface area contributed by atoms with Crippen LogP contribution in [0.3, 0.4) is 0 Å². The monoisotopic (exact) mass is 469 g/mol. The van der Waals surface area contributed by atoms with Gasteiger partial charge in [-0.25, -0.2) is 4.90 Å². The van der Waals surface area contributed by atoms with E-state index in [1.54, 1.807) is 29.2 Å². The fraction of sp³-hybridized carbons (Fsp3) is 0.375. The van der Waals surface area contributed by atoms with Gasteiger partial charge in [-0.15, -0.1) is 0 Å². The molecule has 0 bridgehead atoms. The number of para-hydroxylation sites is 2. The summed E-state index contributed by atoms with van der Waals surface area (Å²) >= 11 is 6.19. The first-order valence-corrected chi connectivity index (χ1v) is 11.3. The summed E-state index contributed by atoms with van der Waals surface area (Å²) in [5, 5.41) is 0.514. The molecule has 2 aromatic carbocycles. The molecule has 3 amide bonds. The molecule has 3 aliphatic heterocycles. The van der Waals surface area contributed by atoms with E-state index in [4.69, 9.17) is 21.1 Å². The number of nitrogens with zero attached hydrogens (tertiary/aromatic N) is 3. The van der Waals surface area contributed by atoms with Crippen LogP contribution in [0.5, 0.6) is 11.5 Å². The van der Waals surface area contributed by atoms with Crippen molar-refractivity contribution in [3.63, 3.8) is 0 Å². The van der Waals surface area contributed by atoms with Crippen LogP contribution in [-0.4, -0.2) is 72.5 Å². The predicted octanol–water partition coefficient (Wildman–Crippen LogP) is 2.26. The average molecular weight is 470 g/mol. The molecule has 33 heavy (non-hydrogen) atoms. The summed E-state index contributed by atoms with van der Waals surface area (Å²) in [5.41, 5.74) is 1.37. The molecule has 0 aromatic heterocycles. The normalized spacial score (nSPS) is 23.2. The van der Waals surface area contributed by atoms with Crippen LogP contribution in [0.25, 0.3) is 0 Å². The lowest BCUT2D eigenvalue weighted by Crippen LogP contribution is -2.57. The number of imide groups is 1. The summed E-state index contributed by atoms with van der Waals surface area (Å²) in [7, 11) is 0. The second-order valence-corrected chi connectivity index (χ2v) is 8.85. The van der Waals surface area contributed by atoms with Crippen molar-refractivity contribution in [3.8, 4) is 11.5 Å². The highest BCUT2D eigenvalue weighted by Gasteiger charge is 2.44. The number of benzene rings is 2. The van der Waals surface area contributed by atoms with E-state index in [2.05, 4.69) is 0 Å². The van der Waals surface area contributed by atoms with Gasteiger partial charge in [-0.3, -0.25) is 19.3 Å². The molecule has 3 heterocycles. The fourth-order valence-electron chi connectivity index (χ4n) is 4.49. The predicted molar refractivity (Wildman–Crippen MR) is 122 cm³/mol. The third-order valence-electron chi connectivity index (χ3n) is 6.39. The topological polar surface area (TPSA) is 79.4 Å². The van der Waals surface area contributed by atoms with Gasteiger partial charge in [0.1, 0.15) is 6.61 Å². The van der Waals surface area contributed by atoms with E-state index in [0.29, 0.717) is 48.4 Å². The number of carbonyl (C=O) groups is 3. The van der Waals surface area contributed by atoms with E-state index >= 15 is 0 Å². The van der Waals surface area contributed by atoms with Crippen LogP contribution in [0.4, 0.5) is 5.69 Å². The molecule has 3 aliphatic rings. The Balaban J connectivity index is 1.21. The molecule has 2 saturated heterocycles. The van der Waals surface area contributed by atoms with Gasteiger partial charge in [0.15, 0.2) is 11.5 Å². The van der Waals surface area contributed by atoms with Crippen LogP contribution in [0.1, 0.15) is 12.0 Å². The number of aryl methyl sites for hydroxylation is 1. The van der Waals surface area contributed by atoms with Crippen LogP contribution in [0.2, 0.25) is 5.02 Å². The van der Waals surface area contributed by atoms with Crippen molar-refractivity contribution in [2.24, 2.45) is 0 Å². The molecule has 0 N–H and O–H groups in total. The Hall–Kier alpha value is -3.10. The Kier molecular flexibility index (Phi) is 5.72. The lowest BCUT2D eigenvalue weighted by Gasteiger charge is -2.38. The van der Waals surface area contributed by atoms with Crippen molar-refractivity contribution in [2.75, 3.05) is 37.7 Å². The van der Waals surface area contributed by atoms with Gasteiger partial charge in [-0.05, 0) is 36.8 Å². The first-order valence-electron chi connectivity index (χ1n) is 11.0. The first-order chi connectivity index (χ1) is 15.9. The number of fused-ring (bicyclic) bond motifs is 1. The van der Waals surface area contributed by atoms with Crippen molar-refractivity contribution in [1.29, 1.82) is 0 Å². The number of hydrogen-bond acceptors (Lipinski definition) is 6. The van der Waals surface area contributed by atoms with Crippen LogP contribution in [0.15, 0.2) is 42.5 Å². The van der Waals surface area contributed by atoms with Gasteiger partial charge in [0.25, 0.3) is 11.8 Å². The number of hydrogen-bond donors (Lipinski definition) is 0. The van der Waals surface area contributed by atoms with E-state index in [-0.39, 0.29) is 30.7 Å². The molecule has 2 aromatic rings. The van der Waals surface area contributed by atoms with Gasteiger partial charge in [-0.2, -0.15) is 0 Å². The Morgan fingerprint density at radius 2 is 1.76 bits per heavy atom. The Morgan fingerprint density at radius 1 is 1.03 bits per heavy atom. The van der Waals surface area contributed by atoms with Crippen molar-refractivity contribution >= 4 is 35.0 Å². The van der Waals surface area contributed by atoms with Crippen molar-refractivity contribution in [3.05, 3.63) is 53.1 Å². The number of ether oxygens (including phenoxy) is 2. The van der Waals surface area contributed by atoms with Crippen LogP contribution >= 0.6 is 11.6 Å². The summed E-state index contributed by atoms with van der Waals surface area (Å²) < 4.78 is 11.5. The zero-order valence-corrected chi connectivity index (χ0v) is 19.0. The van der Waals surface area contributed by atoms with E-state index in [1.807, 2.05) is 30.0 Å². The highest BCUT2D eigenvalue weighted by Crippen LogP contribution is 2.32. The number of rotatable bonds is 3. The average Bonchev–Trinajstić information content (AvgIpc) is 3.14. The molecule has 2 fully saturated rings. The maximum atomic E-state index is 13.1. The van der Waals surface area contributed by atoms with E-state index < -0.39 is 12.1 Å². The Bertz CT molecular complexity index is 1120. The lowest BCUT2D eigenvalue weighted by atomic mass is 10.1. The highest BCUT2D eigenvalue weighted by molar-refractivity contribution is 6.32. The summed E-state index contributed by atoms with van der Waals surface area (Å²) in [6.07, 6.45) is -0.572. The molecular formula is C24H24ClN3O5. The second kappa shape index (κ2) is 8.68. The highest BCUT2D eigenvalue weighted by atomic mass is 35.5. The van der Waals surface area contributed by atoms with E-state index in [0.717, 1.165) is 5.56 Å². The van der Waals surface area contributed by atoms with E-state index in [9.17, 15) is 14.4 Å². The number of anilines is 1. The molecule has 5 rings (SSSR count). The molecule has 2 atom stereocenters. The fourth-order valence-corrected chi connectivity index (χ4v) is 4.67. The lowest BCUT2D eigenvalue weighted by molar-refractivity contribution is -0.143. The molecule has 0 aliphatic carbocycles. The van der Waals surface area contributed by atoms with Gasteiger partial charge >= 0.3 is 0 Å². The summed E-state index contributed by atoms with van der Waals surface area (Å²) in [5.74, 6) is 0.575. The number of piperazine rings is 1. The molecule has 0 saturated carbocycles. The van der Waals surface area contributed by atoms with Gasteiger partial charge in [0, 0.05) is 31.2 Å². The van der Waals surface area contributed by atoms with Gasteiger partial charge in [0.2, 0.25) is 12.0 Å². The smallest absolute Gasteiger partial charge is 0.267 e. The molecular weight excluding hydrogens is 446 g/mol. The van der Waals surface area contributed by atoms with Crippen molar-refractivity contribution in [2.45, 2.75) is 25.5 Å². The largest absolute Gasteiger partial charge is 0.485 e. The van der Waals surface area contributed by atoms with Gasteiger partial charge < -0.3 is 14.4 Å².